The zero-order valence-electron chi connectivity index (χ0n) is 11.6. The quantitative estimate of drug-likeness (QED) is 0.906. The van der Waals surface area contributed by atoms with Gasteiger partial charge in [0.2, 0.25) is 0 Å². The smallest absolute Gasteiger partial charge is 0.147 e. The molecule has 0 atom stereocenters. The van der Waals surface area contributed by atoms with Crippen LogP contribution in [-0.4, -0.2) is 12.1 Å². The Hall–Kier alpha value is -1.62. The molecule has 2 aromatic rings. The Labute approximate surface area is 126 Å². The predicted octanol–water partition coefficient (Wildman–Crippen LogP) is 4.22. The first-order valence-electron chi connectivity index (χ1n) is 6.21. The van der Waals surface area contributed by atoms with Crippen molar-refractivity contribution in [3.8, 4) is 5.75 Å². The van der Waals surface area contributed by atoms with Gasteiger partial charge in [0.25, 0.3) is 0 Å². The molecule has 0 aliphatic carbocycles. The van der Waals surface area contributed by atoms with Gasteiger partial charge in [-0.05, 0) is 41.9 Å². The Balaban J connectivity index is 2.24. The normalized spacial score (nSPS) is 10.4. The summed E-state index contributed by atoms with van der Waals surface area (Å²) in [5.74, 6) is 0.528. The molecule has 0 radical (unpaired) electrons. The van der Waals surface area contributed by atoms with E-state index in [9.17, 15) is 4.39 Å². The predicted molar refractivity (Wildman–Crippen MR) is 81.7 cm³/mol. The maximum absolute atomic E-state index is 13.7. The van der Waals surface area contributed by atoms with Crippen molar-refractivity contribution in [2.24, 2.45) is 0 Å². The van der Waals surface area contributed by atoms with Crippen LogP contribution in [0.5, 0.6) is 5.75 Å². The maximum atomic E-state index is 13.7. The summed E-state index contributed by atoms with van der Waals surface area (Å²) in [6, 6.07) is 4.87. The average molecular weight is 339 g/mol. The third kappa shape index (κ3) is 2.93. The summed E-state index contributed by atoms with van der Waals surface area (Å²) in [7, 11) is 1.64. The van der Waals surface area contributed by atoms with Gasteiger partial charge in [0.05, 0.1) is 25.0 Å². The fourth-order valence-corrected chi connectivity index (χ4v) is 2.57. The monoisotopic (exact) mass is 338 g/mol. The number of methoxy groups -OCH3 is 1. The van der Waals surface area contributed by atoms with Crippen LogP contribution in [0.1, 0.15) is 16.8 Å². The lowest BCUT2D eigenvalue weighted by Gasteiger charge is -2.14. The molecule has 0 unspecified atom stereocenters. The fraction of sp³-hybridized carbons (Fsp3) is 0.267. The van der Waals surface area contributed by atoms with Crippen LogP contribution in [0.3, 0.4) is 0 Å². The van der Waals surface area contributed by atoms with Crippen molar-refractivity contribution in [1.82, 2.24) is 4.98 Å². The minimum absolute atomic E-state index is 0.295. The Morgan fingerprint density at radius 3 is 2.75 bits per heavy atom. The number of nitrogens with one attached hydrogen (secondary N) is 1. The summed E-state index contributed by atoms with van der Waals surface area (Å²) >= 11 is 3.33. The van der Waals surface area contributed by atoms with Gasteiger partial charge in [-0.25, -0.2) is 4.39 Å². The van der Waals surface area contributed by atoms with Gasteiger partial charge in [0, 0.05) is 21.8 Å². The van der Waals surface area contributed by atoms with Gasteiger partial charge in [-0.15, -0.1) is 0 Å². The number of rotatable bonds is 4. The third-order valence-electron chi connectivity index (χ3n) is 3.15. The number of nitrogens with zero attached hydrogens (tertiary/aromatic N) is 1. The van der Waals surface area contributed by atoms with E-state index < -0.39 is 0 Å². The van der Waals surface area contributed by atoms with Crippen molar-refractivity contribution >= 4 is 21.6 Å². The number of aryl methyl sites for hydroxylation is 1. The number of ether oxygens (including phenoxy) is 1. The molecule has 1 aromatic heterocycles. The molecule has 106 valence electrons. The van der Waals surface area contributed by atoms with Crippen LogP contribution in [-0.2, 0) is 6.54 Å². The van der Waals surface area contributed by atoms with E-state index in [4.69, 9.17) is 4.74 Å². The fourth-order valence-electron chi connectivity index (χ4n) is 2.09. The number of hydrogen-bond donors (Lipinski definition) is 1. The number of para-hydroxylation sites is 1. The number of halogens is 2. The number of pyridine rings is 1. The van der Waals surface area contributed by atoms with Crippen LogP contribution in [0.25, 0.3) is 0 Å². The van der Waals surface area contributed by atoms with Crippen LogP contribution in [0.15, 0.2) is 28.9 Å². The molecular weight excluding hydrogens is 323 g/mol. The Morgan fingerprint density at radius 1 is 1.35 bits per heavy atom. The molecular formula is C15H16BrFN2O. The van der Waals surface area contributed by atoms with E-state index in [0.717, 1.165) is 22.6 Å². The van der Waals surface area contributed by atoms with Gasteiger partial charge < -0.3 is 10.1 Å². The molecule has 1 heterocycles. The molecule has 1 N–H and O–H groups in total. The van der Waals surface area contributed by atoms with Crippen molar-refractivity contribution in [3.05, 3.63) is 51.5 Å². The Morgan fingerprint density at radius 2 is 2.10 bits per heavy atom. The summed E-state index contributed by atoms with van der Waals surface area (Å²) in [5.41, 5.74) is 3.23. The molecule has 0 aliphatic heterocycles. The van der Waals surface area contributed by atoms with Gasteiger partial charge >= 0.3 is 0 Å². The highest BCUT2D eigenvalue weighted by Gasteiger charge is 2.11. The van der Waals surface area contributed by atoms with E-state index in [1.165, 1.54) is 6.07 Å². The molecule has 0 amide bonds. The highest BCUT2D eigenvalue weighted by molar-refractivity contribution is 9.10. The molecule has 5 heteroatoms. The molecule has 3 nitrogen and oxygen atoms in total. The Bertz CT molecular complexity index is 611. The lowest BCUT2D eigenvalue weighted by Crippen LogP contribution is -2.07. The summed E-state index contributed by atoms with van der Waals surface area (Å²) in [6.45, 7) is 4.33. The van der Waals surface area contributed by atoms with E-state index in [2.05, 4.69) is 26.2 Å². The largest absolute Gasteiger partial charge is 0.496 e. The van der Waals surface area contributed by atoms with Crippen molar-refractivity contribution in [2.45, 2.75) is 20.4 Å². The molecule has 0 fully saturated rings. The first-order valence-corrected chi connectivity index (χ1v) is 7.00. The third-order valence-corrected chi connectivity index (χ3v) is 3.81. The number of aromatic nitrogens is 1. The highest BCUT2D eigenvalue weighted by Crippen LogP contribution is 2.27. The second-order valence-electron chi connectivity index (χ2n) is 4.50. The molecule has 0 saturated heterocycles. The van der Waals surface area contributed by atoms with E-state index in [-0.39, 0.29) is 5.82 Å². The molecule has 20 heavy (non-hydrogen) atoms. The second-order valence-corrected chi connectivity index (χ2v) is 5.35. The van der Waals surface area contributed by atoms with Crippen LogP contribution in [0.4, 0.5) is 10.1 Å². The first kappa shape index (κ1) is 14.8. The van der Waals surface area contributed by atoms with Crippen LogP contribution in [0.2, 0.25) is 0 Å². The van der Waals surface area contributed by atoms with E-state index in [1.807, 2.05) is 13.8 Å². The summed E-state index contributed by atoms with van der Waals surface area (Å²) in [6.07, 6.45) is 1.76. The zero-order valence-corrected chi connectivity index (χ0v) is 13.2. The lowest BCUT2D eigenvalue weighted by atomic mass is 10.1. The summed E-state index contributed by atoms with van der Waals surface area (Å²) < 4.78 is 19.8. The standard InChI is InChI=1S/C15H16BrFN2O/c1-9-7-18-13(10(2)15(9)20-3)8-19-14-11(16)5-4-6-12(14)17/h4-7,19H,8H2,1-3H3. The summed E-state index contributed by atoms with van der Waals surface area (Å²) in [5, 5.41) is 3.07. The number of hydrogen-bond acceptors (Lipinski definition) is 3. The van der Waals surface area contributed by atoms with Crippen molar-refractivity contribution in [3.63, 3.8) is 0 Å². The summed E-state index contributed by atoms with van der Waals surface area (Å²) in [4.78, 5) is 4.38. The minimum Gasteiger partial charge on any atom is -0.496 e. The topological polar surface area (TPSA) is 34.1 Å². The minimum atomic E-state index is -0.295. The molecule has 1 aromatic carbocycles. The highest BCUT2D eigenvalue weighted by atomic mass is 79.9. The van der Waals surface area contributed by atoms with Crippen molar-refractivity contribution in [1.29, 1.82) is 0 Å². The lowest BCUT2D eigenvalue weighted by molar-refractivity contribution is 0.407. The van der Waals surface area contributed by atoms with Crippen molar-refractivity contribution in [2.75, 3.05) is 12.4 Å². The number of benzene rings is 1. The van der Waals surface area contributed by atoms with Crippen molar-refractivity contribution < 1.29 is 9.13 Å². The van der Waals surface area contributed by atoms with Gasteiger partial charge in [0.15, 0.2) is 0 Å². The van der Waals surface area contributed by atoms with Gasteiger partial charge in [-0.1, -0.05) is 6.07 Å². The van der Waals surface area contributed by atoms with E-state index >= 15 is 0 Å². The molecule has 2 rings (SSSR count). The van der Waals surface area contributed by atoms with Crippen LogP contribution >= 0.6 is 15.9 Å². The zero-order chi connectivity index (χ0) is 14.7. The molecule has 0 spiro atoms. The molecule has 0 saturated carbocycles. The van der Waals surface area contributed by atoms with Crippen LogP contribution < -0.4 is 10.1 Å². The van der Waals surface area contributed by atoms with Gasteiger partial charge in [0.1, 0.15) is 11.6 Å². The Kier molecular flexibility index (Phi) is 4.60. The van der Waals surface area contributed by atoms with E-state index in [1.54, 1.807) is 25.4 Å². The maximum Gasteiger partial charge on any atom is 0.147 e. The first-order chi connectivity index (χ1) is 9.54. The number of anilines is 1. The van der Waals surface area contributed by atoms with Crippen LogP contribution in [0, 0.1) is 19.7 Å². The molecule has 0 aliphatic rings. The molecule has 0 bridgehead atoms. The SMILES string of the molecule is COc1c(C)cnc(CNc2c(F)cccc2Br)c1C. The van der Waals surface area contributed by atoms with Gasteiger partial charge in [-0.3, -0.25) is 4.98 Å². The second kappa shape index (κ2) is 6.22. The van der Waals surface area contributed by atoms with E-state index in [0.29, 0.717) is 16.7 Å². The average Bonchev–Trinajstić information content (AvgIpc) is 2.41. The van der Waals surface area contributed by atoms with Gasteiger partial charge in [-0.2, -0.15) is 0 Å².